The van der Waals surface area contributed by atoms with E-state index in [1.165, 1.54) is 71.6 Å². The molecule has 0 heteroatoms. The highest BCUT2D eigenvalue weighted by atomic mass is 14.3. The van der Waals surface area contributed by atoms with Crippen molar-refractivity contribution in [2.45, 2.75) is 64.2 Å². The van der Waals surface area contributed by atoms with Crippen molar-refractivity contribution >= 4 is 10.8 Å². The highest BCUT2D eigenvalue weighted by Gasteiger charge is 2.21. The molecule has 0 N–H and O–H groups in total. The fourth-order valence-electron chi connectivity index (χ4n) is 5.04. The molecule has 1 saturated carbocycles. The lowest BCUT2D eigenvalue weighted by molar-refractivity contribution is 0.308. The molecule has 0 amide bonds. The minimum absolute atomic E-state index is 0.766. The molecule has 0 nitrogen and oxygen atoms in total. The number of benzene rings is 3. The zero-order valence-electron chi connectivity index (χ0n) is 17.9. The Bertz CT molecular complexity index is 939. The number of fused-ring (bicyclic) bond motifs is 1. The first-order chi connectivity index (χ1) is 14.3. The highest BCUT2D eigenvalue weighted by Crippen LogP contribution is 2.38. The molecule has 1 aliphatic carbocycles. The smallest absolute Gasteiger partial charge is 0.0162 e. The number of rotatable bonds is 7. The van der Waals surface area contributed by atoms with E-state index < -0.39 is 0 Å². The van der Waals surface area contributed by atoms with Crippen LogP contribution in [0.1, 0.15) is 68.9 Å². The molecule has 0 bridgehead atoms. The highest BCUT2D eigenvalue weighted by molar-refractivity contribution is 5.87. The van der Waals surface area contributed by atoms with E-state index in [4.69, 9.17) is 0 Å². The van der Waals surface area contributed by atoms with Gasteiger partial charge >= 0.3 is 0 Å². The Morgan fingerprint density at radius 1 is 0.828 bits per heavy atom. The largest absolute Gasteiger partial charge is 0.103 e. The van der Waals surface area contributed by atoms with Crippen molar-refractivity contribution in [3.63, 3.8) is 0 Å². The van der Waals surface area contributed by atoms with Crippen LogP contribution < -0.4 is 0 Å². The molecular formula is C29H34. The van der Waals surface area contributed by atoms with E-state index in [2.05, 4.69) is 74.2 Å². The van der Waals surface area contributed by atoms with E-state index in [9.17, 15) is 0 Å². The topological polar surface area (TPSA) is 0 Å². The lowest BCUT2D eigenvalue weighted by Gasteiger charge is -2.28. The summed E-state index contributed by atoms with van der Waals surface area (Å²) in [6, 6.07) is 23.1. The molecule has 4 rings (SSSR count). The molecule has 29 heavy (non-hydrogen) atoms. The van der Waals surface area contributed by atoms with Gasteiger partial charge in [0.15, 0.2) is 0 Å². The average Bonchev–Trinajstić information content (AvgIpc) is 2.78. The maximum absolute atomic E-state index is 3.83. The van der Waals surface area contributed by atoms with Crippen LogP contribution in [0.15, 0.2) is 73.3 Å². The first-order valence-electron chi connectivity index (χ1n) is 11.5. The normalized spacial score (nSPS) is 19.3. The number of hydrogen-bond acceptors (Lipinski definition) is 0. The van der Waals surface area contributed by atoms with Crippen molar-refractivity contribution in [3.05, 3.63) is 84.4 Å². The van der Waals surface area contributed by atoms with E-state index in [1.807, 2.05) is 6.08 Å². The van der Waals surface area contributed by atoms with E-state index >= 15 is 0 Å². The van der Waals surface area contributed by atoms with Crippen LogP contribution in [0.4, 0.5) is 0 Å². The molecule has 0 spiro atoms. The average molecular weight is 383 g/mol. The van der Waals surface area contributed by atoms with E-state index in [0.717, 1.165) is 24.7 Å². The Morgan fingerprint density at radius 2 is 1.52 bits per heavy atom. The number of allylic oxidation sites excluding steroid dienone is 1. The molecule has 1 aliphatic rings. The van der Waals surface area contributed by atoms with E-state index in [1.54, 1.807) is 0 Å². The molecule has 0 unspecified atom stereocenters. The zero-order valence-corrected chi connectivity index (χ0v) is 17.9. The van der Waals surface area contributed by atoms with Gasteiger partial charge in [-0.25, -0.2) is 0 Å². The van der Waals surface area contributed by atoms with Gasteiger partial charge in [0.1, 0.15) is 0 Å². The van der Waals surface area contributed by atoms with Gasteiger partial charge in [-0.1, -0.05) is 80.4 Å². The summed E-state index contributed by atoms with van der Waals surface area (Å²) in [5, 5.41) is 2.65. The van der Waals surface area contributed by atoms with Crippen molar-refractivity contribution in [2.24, 2.45) is 5.92 Å². The zero-order chi connectivity index (χ0) is 20.1. The fraction of sp³-hybridized carbons (Fsp3) is 0.379. The summed E-state index contributed by atoms with van der Waals surface area (Å²) in [5.41, 5.74) is 5.57. The first-order valence-corrected chi connectivity index (χ1v) is 11.5. The molecule has 1 fully saturated rings. The third-order valence-electron chi connectivity index (χ3n) is 6.80. The Labute approximate surface area is 176 Å². The van der Waals surface area contributed by atoms with Crippen molar-refractivity contribution in [1.29, 1.82) is 0 Å². The predicted molar refractivity (Wildman–Crippen MR) is 128 cm³/mol. The molecule has 0 radical (unpaired) electrons. The third-order valence-corrected chi connectivity index (χ3v) is 6.80. The van der Waals surface area contributed by atoms with Crippen LogP contribution in [-0.4, -0.2) is 0 Å². The predicted octanol–water partition coefficient (Wildman–Crippen LogP) is 8.70. The van der Waals surface area contributed by atoms with Crippen LogP contribution in [0, 0.1) is 5.92 Å². The van der Waals surface area contributed by atoms with Crippen LogP contribution >= 0.6 is 0 Å². The first kappa shape index (κ1) is 20.0. The molecule has 150 valence electrons. The lowest BCUT2D eigenvalue weighted by Crippen LogP contribution is -2.13. The second kappa shape index (κ2) is 9.44. The maximum Gasteiger partial charge on any atom is -0.0162 e. The van der Waals surface area contributed by atoms with Crippen LogP contribution in [0.3, 0.4) is 0 Å². The van der Waals surface area contributed by atoms with Crippen LogP contribution in [0.5, 0.6) is 0 Å². The van der Waals surface area contributed by atoms with Gasteiger partial charge in [-0.3, -0.25) is 0 Å². The van der Waals surface area contributed by atoms with Crippen LogP contribution in [0.25, 0.3) is 21.9 Å². The van der Waals surface area contributed by atoms with Crippen molar-refractivity contribution in [3.8, 4) is 11.1 Å². The molecule has 0 aromatic heterocycles. The van der Waals surface area contributed by atoms with Crippen molar-refractivity contribution < 1.29 is 0 Å². The lowest BCUT2D eigenvalue weighted by atomic mass is 9.77. The van der Waals surface area contributed by atoms with E-state index in [-0.39, 0.29) is 0 Å². The number of aryl methyl sites for hydroxylation is 1. The van der Waals surface area contributed by atoms with Crippen molar-refractivity contribution in [2.75, 3.05) is 0 Å². The van der Waals surface area contributed by atoms with Crippen LogP contribution in [0.2, 0.25) is 0 Å². The fourth-order valence-corrected chi connectivity index (χ4v) is 5.04. The Kier molecular flexibility index (Phi) is 6.49. The summed E-state index contributed by atoms with van der Waals surface area (Å²) in [4.78, 5) is 0. The molecular weight excluding hydrogens is 348 g/mol. The molecule has 3 aromatic rings. The minimum atomic E-state index is 0.766. The molecule has 0 saturated heterocycles. The van der Waals surface area contributed by atoms with Gasteiger partial charge in [0, 0.05) is 0 Å². The minimum Gasteiger partial charge on any atom is -0.103 e. The monoisotopic (exact) mass is 382 g/mol. The summed E-state index contributed by atoms with van der Waals surface area (Å²) in [5.74, 6) is 1.74. The van der Waals surface area contributed by atoms with Gasteiger partial charge in [-0.05, 0) is 89.5 Å². The Morgan fingerprint density at radius 3 is 2.24 bits per heavy atom. The molecule has 0 atom stereocenters. The summed E-state index contributed by atoms with van der Waals surface area (Å²) < 4.78 is 0. The van der Waals surface area contributed by atoms with Gasteiger partial charge < -0.3 is 0 Å². The van der Waals surface area contributed by atoms with Crippen molar-refractivity contribution in [1.82, 2.24) is 0 Å². The standard InChI is InChI=1S/C29H34/c1-3-5-7-23-10-13-29-21-28(19-18-27(29)20-23)26-16-14-25(15-17-26)24-11-8-22(6-4-2)9-12-24/h3,10,13-22,24H,1,4-9,11-12H2,2H3. The van der Waals surface area contributed by atoms with Crippen LogP contribution in [-0.2, 0) is 6.42 Å². The molecule has 0 heterocycles. The maximum atomic E-state index is 3.83. The van der Waals surface area contributed by atoms with E-state index in [0.29, 0.717) is 0 Å². The van der Waals surface area contributed by atoms with Gasteiger partial charge in [0.2, 0.25) is 0 Å². The van der Waals surface area contributed by atoms with Gasteiger partial charge in [-0.2, -0.15) is 0 Å². The number of hydrogen-bond donors (Lipinski definition) is 0. The summed E-state index contributed by atoms with van der Waals surface area (Å²) >= 11 is 0. The third kappa shape index (κ3) is 4.81. The summed E-state index contributed by atoms with van der Waals surface area (Å²) in [7, 11) is 0. The summed E-state index contributed by atoms with van der Waals surface area (Å²) in [6.07, 6.45) is 12.4. The quantitative estimate of drug-likeness (QED) is 0.358. The summed E-state index contributed by atoms with van der Waals surface area (Å²) in [6.45, 7) is 6.15. The second-order valence-electron chi connectivity index (χ2n) is 8.85. The van der Waals surface area contributed by atoms with Gasteiger partial charge in [0.25, 0.3) is 0 Å². The van der Waals surface area contributed by atoms with Gasteiger partial charge in [-0.15, -0.1) is 6.58 Å². The molecule has 3 aromatic carbocycles. The van der Waals surface area contributed by atoms with Gasteiger partial charge in [0.05, 0.1) is 0 Å². The SMILES string of the molecule is C=CCCc1ccc2cc(-c3ccc(C4CCC(CCC)CC4)cc3)ccc2c1. The molecule has 0 aliphatic heterocycles. The Balaban J connectivity index is 1.47. The second-order valence-corrected chi connectivity index (χ2v) is 8.85. The Hall–Kier alpha value is -2.34.